The summed E-state index contributed by atoms with van der Waals surface area (Å²) in [6, 6.07) is 56.8. The van der Waals surface area contributed by atoms with Crippen molar-refractivity contribution < 1.29 is 4.42 Å². The molecule has 0 unspecified atom stereocenters. The second-order valence-electron chi connectivity index (χ2n) is 12.1. The molecule has 0 bridgehead atoms. The van der Waals surface area contributed by atoms with Crippen molar-refractivity contribution in [2.45, 2.75) is 6.42 Å². The van der Waals surface area contributed by atoms with Gasteiger partial charge >= 0.3 is 0 Å². The third-order valence-corrected chi connectivity index (χ3v) is 8.98. The summed E-state index contributed by atoms with van der Waals surface area (Å²) in [6.45, 7) is 0. The van der Waals surface area contributed by atoms with Crippen molar-refractivity contribution in [3.8, 4) is 45.0 Å². The highest BCUT2D eigenvalue weighted by atomic mass is 16.3. The Labute approximate surface area is 278 Å². The third-order valence-electron chi connectivity index (χ3n) is 8.98. The molecule has 0 spiro atoms. The summed E-state index contributed by atoms with van der Waals surface area (Å²) in [5.41, 5.74) is 9.46. The lowest BCUT2D eigenvalue weighted by atomic mass is 9.97. The molecule has 9 aromatic rings. The normalized spacial score (nSPS) is 11.4. The molecule has 4 nitrogen and oxygen atoms in total. The zero-order valence-corrected chi connectivity index (χ0v) is 26.0. The molecular weight excluding hydrogens is 587 g/mol. The molecule has 48 heavy (non-hydrogen) atoms. The highest BCUT2D eigenvalue weighted by molar-refractivity contribution is 6.08. The van der Waals surface area contributed by atoms with E-state index in [9.17, 15) is 0 Å². The predicted molar refractivity (Wildman–Crippen MR) is 196 cm³/mol. The summed E-state index contributed by atoms with van der Waals surface area (Å²) >= 11 is 0. The Balaban J connectivity index is 1.10. The van der Waals surface area contributed by atoms with Crippen molar-refractivity contribution in [3.05, 3.63) is 175 Å². The molecule has 0 N–H and O–H groups in total. The van der Waals surface area contributed by atoms with Gasteiger partial charge in [0.15, 0.2) is 11.6 Å². The molecule has 226 valence electrons. The van der Waals surface area contributed by atoms with Gasteiger partial charge in [-0.1, -0.05) is 140 Å². The lowest BCUT2D eigenvalue weighted by molar-refractivity contribution is 0.668. The van der Waals surface area contributed by atoms with Crippen LogP contribution < -0.4 is 0 Å². The van der Waals surface area contributed by atoms with Crippen molar-refractivity contribution in [2.24, 2.45) is 0 Å². The number of hydrogen-bond acceptors (Lipinski definition) is 4. The summed E-state index contributed by atoms with van der Waals surface area (Å²) in [5.74, 6) is 2.04. The van der Waals surface area contributed by atoms with Crippen molar-refractivity contribution >= 4 is 32.7 Å². The molecular formula is C44H29N3O. The van der Waals surface area contributed by atoms with E-state index in [0.29, 0.717) is 23.9 Å². The minimum atomic E-state index is 0.541. The Morgan fingerprint density at radius 1 is 0.396 bits per heavy atom. The maximum absolute atomic E-state index is 6.37. The Morgan fingerprint density at radius 3 is 1.67 bits per heavy atom. The van der Waals surface area contributed by atoms with Gasteiger partial charge in [-0.15, -0.1) is 0 Å². The first-order chi connectivity index (χ1) is 23.7. The second-order valence-corrected chi connectivity index (χ2v) is 12.1. The molecule has 9 rings (SSSR count). The van der Waals surface area contributed by atoms with Gasteiger partial charge in [-0.25, -0.2) is 15.0 Å². The fraction of sp³-hybridized carbons (Fsp3) is 0.0227. The van der Waals surface area contributed by atoms with Crippen molar-refractivity contribution in [2.75, 3.05) is 0 Å². The minimum absolute atomic E-state index is 0.541. The van der Waals surface area contributed by atoms with Crippen LogP contribution in [0.4, 0.5) is 0 Å². The van der Waals surface area contributed by atoms with Crippen LogP contribution in [0.15, 0.2) is 168 Å². The first kappa shape index (κ1) is 27.9. The molecule has 0 saturated heterocycles. The molecule has 0 aliphatic carbocycles. The van der Waals surface area contributed by atoms with Crippen LogP contribution in [0.3, 0.4) is 0 Å². The van der Waals surface area contributed by atoms with Gasteiger partial charge in [0.2, 0.25) is 0 Å². The van der Waals surface area contributed by atoms with Crippen molar-refractivity contribution in [3.63, 3.8) is 0 Å². The standard InChI is InChI=1S/C44H29N3O/c1-3-11-32(12-4-1)43-45-41(46-44(47-43)33-13-5-2-6-14-33)28-37-16-9-17-40-42(37)38-27-36(24-25-39(38)48-40)31-20-18-30(19-21-31)35-23-22-29-10-7-8-15-34(29)26-35/h1-27H,28H2. The van der Waals surface area contributed by atoms with E-state index in [-0.39, 0.29) is 0 Å². The molecule has 0 atom stereocenters. The van der Waals surface area contributed by atoms with E-state index >= 15 is 0 Å². The van der Waals surface area contributed by atoms with Crippen LogP contribution in [0.2, 0.25) is 0 Å². The zero-order valence-electron chi connectivity index (χ0n) is 26.0. The van der Waals surface area contributed by atoms with Crippen LogP contribution in [-0.4, -0.2) is 15.0 Å². The highest BCUT2D eigenvalue weighted by Gasteiger charge is 2.16. The Bertz CT molecular complexity index is 2520. The number of rotatable bonds is 6. The number of fused-ring (bicyclic) bond motifs is 4. The fourth-order valence-corrected chi connectivity index (χ4v) is 6.55. The fourth-order valence-electron chi connectivity index (χ4n) is 6.55. The van der Waals surface area contributed by atoms with Gasteiger partial charge in [-0.3, -0.25) is 0 Å². The van der Waals surface area contributed by atoms with Gasteiger partial charge in [0.05, 0.1) is 0 Å². The average molecular weight is 616 g/mol. The maximum Gasteiger partial charge on any atom is 0.163 e. The average Bonchev–Trinajstić information content (AvgIpc) is 3.54. The summed E-state index contributed by atoms with van der Waals surface area (Å²) in [4.78, 5) is 14.8. The summed E-state index contributed by atoms with van der Waals surface area (Å²) in [5, 5.41) is 4.67. The Kier molecular flexibility index (Phi) is 6.83. The molecule has 0 aliphatic heterocycles. The molecule has 7 aromatic carbocycles. The first-order valence-electron chi connectivity index (χ1n) is 16.1. The Hall–Kier alpha value is -6.39. The van der Waals surface area contributed by atoms with Gasteiger partial charge in [-0.05, 0) is 62.9 Å². The number of nitrogens with zero attached hydrogens (tertiary/aromatic N) is 3. The predicted octanol–water partition coefficient (Wildman–Crippen LogP) is 11.2. The number of aromatic nitrogens is 3. The molecule has 4 heteroatoms. The highest BCUT2D eigenvalue weighted by Crippen LogP contribution is 2.36. The van der Waals surface area contributed by atoms with Crippen LogP contribution >= 0.6 is 0 Å². The Morgan fingerprint density at radius 2 is 0.979 bits per heavy atom. The topological polar surface area (TPSA) is 51.8 Å². The van der Waals surface area contributed by atoms with E-state index in [1.54, 1.807) is 0 Å². The van der Waals surface area contributed by atoms with Crippen LogP contribution in [-0.2, 0) is 6.42 Å². The van der Waals surface area contributed by atoms with Gasteiger partial charge in [0, 0.05) is 28.3 Å². The van der Waals surface area contributed by atoms with Crippen molar-refractivity contribution in [1.82, 2.24) is 15.0 Å². The van der Waals surface area contributed by atoms with E-state index in [0.717, 1.165) is 49.8 Å². The first-order valence-corrected chi connectivity index (χ1v) is 16.1. The largest absolute Gasteiger partial charge is 0.456 e. The summed E-state index contributed by atoms with van der Waals surface area (Å²) < 4.78 is 6.37. The lowest BCUT2D eigenvalue weighted by Gasteiger charge is -2.09. The smallest absolute Gasteiger partial charge is 0.163 e. The van der Waals surface area contributed by atoms with Gasteiger partial charge in [-0.2, -0.15) is 0 Å². The van der Waals surface area contributed by atoms with E-state index < -0.39 is 0 Å². The van der Waals surface area contributed by atoms with Crippen LogP contribution in [0, 0.1) is 0 Å². The molecule has 0 radical (unpaired) electrons. The van der Waals surface area contributed by atoms with Gasteiger partial charge < -0.3 is 4.42 Å². The van der Waals surface area contributed by atoms with Crippen molar-refractivity contribution in [1.29, 1.82) is 0 Å². The minimum Gasteiger partial charge on any atom is -0.456 e. The number of hydrogen-bond donors (Lipinski definition) is 0. The van der Waals surface area contributed by atoms with Crippen LogP contribution in [0.1, 0.15) is 11.4 Å². The van der Waals surface area contributed by atoms with Gasteiger partial charge in [0.1, 0.15) is 17.0 Å². The molecule has 0 aliphatic rings. The number of benzene rings is 7. The second kappa shape index (κ2) is 11.8. The quantitative estimate of drug-likeness (QED) is 0.187. The van der Waals surface area contributed by atoms with Crippen LogP contribution in [0.5, 0.6) is 0 Å². The SMILES string of the molecule is c1ccc(-c2nc(Cc3cccc4oc5ccc(-c6ccc(-c7ccc8ccccc8c7)cc6)cc5c34)nc(-c3ccccc3)n2)cc1. The van der Waals surface area contributed by atoms with E-state index in [2.05, 4.69) is 91.0 Å². The van der Waals surface area contributed by atoms with E-state index in [4.69, 9.17) is 19.4 Å². The molecule has 0 fully saturated rings. The molecule has 2 heterocycles. The van der Waals surface area contributed by atoms with E-state index in [1.165, 1.54) is 21.9 Å². The zero-order chi connectivity index (χ0) is 31.9. The molecule has 0 amide bonds. The van der Waals surface area contributed by atoms with Gasteiger partial charge in [0.25, 0.3) is 0 Å². The van der Waals surface area contributed by atoms with E-state index in [1.807, 2.05) is 72.8 Å². The number of furan rings is 1. The molecule has 2 aromatic heterocycles. The summed E-state index contributed by atoms with van der Waals surface area (Å²) in [6.07, 6.45) is 0.541. The maximum atomic E-state index is 6.37. The lowest BCUT2D eigenvalue weighted by Crippen LogP contribution is -2.04. The monoisotopic (exact) mass is 615 g/mol. The summed E-state index contributed by atoms with van der Waals surface area (Å²) in [7, 11) is 0. The molecule has 0 saturated carbocycles. The third kappa shape index (κ3) is 5.20. The van der Waals surface area contributed by atoms with Crippen LogP contribution in [0.25, 0.3) is 77.7 Å².